The summed E-state index contributed by atoms with van der Waals surface area (Å²) in [5, 5.41) is 20.4. The summed E-state index contributed by atoms with van der Waals surface area (Å²) in [5.74, 6) is -0.948. The molecule has 2 atom stereocenters. The molecule has 0 saturated carbocycles. The molecule has 0 bridgehead atoms. The molecule has 1 aromatic rings. The summed E-state index contributed by atoms with van der Waals surface area (Å²) in [4.78, 5) is 23.7. The van der Waals surface area contributed by atoms with Crippen molar-refractivity contribution in [1.82, 2.24) is 0 Å². The summed E-state index contributed by atoms with van der Waals surface area (Å²) in [6.45, 7) is 2.41. The number of nitro benzene ring substituents is 1. The van der Waals surface area contributed by atoms with Crippen molar-refractivity contribution >= 4 is 17.3 Å². The van der Waals surface area contributed by atoms with Crippen molar-refractivity contribution in [3.63, 3.8) is 0 Å². The number of nitrogens with zero attached hydrogens (tertiary/aromatic N) is 2. The molecule has 2 rings (SSSR count). The zero-order chi connectivity index (χ0) is 14.0. The van der Waals surface area contributed by atoms with Gasteiger partial charge in [0.1, 0.15) is 11.7 Å². The van der Waals surface area contributed by atoms with E-state index in [0.29, 0.717) is 12.2 Å². The molecule has 0 radical (unpaired) electrons. The van der Waals surface area contributed by atoms with Crippen LogP contribution in [0.1, 0.15) is 19.8 Å². The number of aliphatic carboxylic acids is 1. The van der Waals surface area contributed by atoms with Crippen LogP contribution in [0.3, 0.4) is 0 Å². The van der Waals surface area contributed by atoms with Crippen molar-refractivity contribution < 1.29 is 14.8 Å². The normalized spacial score (nSPS) is 23.1. The van der Waals surface area contributed by atoms with Gasteiger partial charge in [0, 0.05) is 12.6 Å². The topological polar surface area (TPSA) is 83.7 Å². The second kappa shape index (κ2) is 5.26. The highest BCUT2D eigenvalue weighted by atomic mass is 16.6. The fourth-order valence-electron chi connectivity index (χ4n) is 2.70. The molecule has 1 aliphatic rings. The van der Waals surface area contributed by atoms with E-state index in [-0.39, 0.29) is 11.6 Å². The van der Waals surface area contributed by atoms with E-state index in [1.165, 1.54) is 6.07 Å². The first-order valence-corrected chi connectivity index (χ1v) is 6.25. The highest BCUT2D eigenvalue weighted by Gasteiger charge is 2.36. The van der Waals surface area contributed by atoms with Crippen LogP contribution in [0, 0.1) is 16.0 Å². The number of benzene rings is 1. The van der Waals surface area contributed by atoms with E-state index in [4.69, 9.17) is 0 Å². The van der Waals surface area contributed by atoms with Gasteiger partial charge in [0.25, 0.3) is 5.69 Å². The maximum atomic E-state index is 11.4. The molecule has 1 N–H and O–H groups in total. The molecule has 6 heteroatoms. The molecule has 0 amide bonds. The van der Waals surface area contributed by atoms with Crippen LogP contribution in [0.5, 0.6) is 0 Å². The van der Waals surface area contributed by atoms with Crippen molar-refractivity contribution in [2.45, 2.75) is 25.8 Å². The van der Waals surface area contributed by atoms with Gasteiger partial charge >= 0.3 is 5.97 Å². The van der Waals surface area contributed by atoms with Gasteiger partial charge in [-0.2, -0.15) is 0 Å². The van der Waals surface area contributed by atoms with Crippen LogP contribution in [-0.2, 0) is 4.79 Å². The number of hydrogen-bond donors (Lipinski definition) is 1. The Hall–Kier alpha value is -2.11. The molecule has 6 nitrogen and oxygen atoms in total. The Bertz CT molecular complexity index is 503. The highest BCUT2D eigenvalue weighted by Crippen LogP contribution is 2.34. The lowest BCUT2D eigenvalue weighted by Crippen LogP contribution is -2.49. The van der Waals surface area contributed by atoms with Gasteiger partial charge in [-0.1, -0.05) is 19.1 Å². The quantitative estimate of drug-likeness (QED) is 0.668. The second-order valence-corrected chi connectivity index (χ2v) is 4.84. The van der Waals surface area contributed by atoms with E-state index < -0.39 is 16.9 Å². The standard InChI is InChI=1S/C13H16N2O4/c1-9-5-4-8-14(12(9)13(16)17)10-6-2-3-7-11(10)15(18)19/h2-3,6-7,9,12H,4-5,8H2,1H3,(H,16,17). The summed E-state index contributed by atoms with van der Waals surface area (Å²) in [7, 11) is 0. The monoisotopic (exact) mass is 264 g/mol. The van der Waals surface area contributed by atoms with Crippen LogP contribution < -0.4 is 4.90 Å². The van der Waals surface area contributed by atoms with Crippen LogP contribution in [-0.4, -0.2) is 28.6 Å². The van der Waals surface area contributed by atoms with Crippen LogP contribution in [0.2, 0.25) is 0 Å². The van der Waals surface area contributed by atoms with E-state index in [1.807, 2.05) is 6.92 Å². The molecule has 19 heavy (non-hydrogen) atoms. The molecule has 2 unspecified atom stereocenters. The van der Waals surface area contributed by atoms with E-state index in [0.717, 1.165) is 12.8 Å². The molecule has 0 aromatic heterocycles. The zero-order valence-electron chi connectivity index (χ0n) is 10.7. The fourth-order valence-corrected chi connectivity index (χ4v) is 2.70. The smallest absolute Gasteiger partial charge is 0.326 e. The largest absolute Gasteiger partial charge is 0.480 e. The number of hydrogen-bond acceptors (Lipinski definition) is 4. The number of carboxylic acid groups (broad SMARTS) is 1. The number of nitro groups is 1. The first kappa shape index (κ1) is 13.3. The summed E-state index contributed by atoms with van der Waals surface area (Å²) < 4.78 is 0. The number of carboxylic acids is 1. The first-order chi connectivity index (χ1) is 9.02. The maximum absolute atomic E-state index is 11.4. The van der Waals surface area contributed by atoms with Gasteiger partial charge in [0.2, 0.25) is 0 Å². The van der Waals surface area contributed by atoms with Gasteiger partial charge < -0.3 is 10.0 Å². The molecule has 1 heterocycles. The van der Waals surface area contributed by atoms with Crippen LogP contribution in [0.15, 0.2) is 24.3 Å². The molecular formula is C13H16N2O4. The number of rotatable bonds is 3. The van der Waals surface area contributed by atoms with E-state index >= 15 is 0 Å². The Kier molecular flexibility index (Phi) is 3.69. The molecule has 102 valence electrons. The molecule has 0 aliphatic carbocycles. The number of anilines is 1. The lowest BCUT2D eigenvalue weighted by molar-refractivity contribution is -0.384. The predicted molar refractivity (Wildman–Crippen MR) is 70.3 cm³/mol. The maximum Gasteiger partial charge on any atom is 0.326 e. The molecule has 1 saturated heterocycles. The zero-order valence-corrected chi connectivity index (χ0v) is 10.7. The van der Waals surface area contributed by atoms with Crippen molar-refractivity contribution in [1.29, 1.82) is 0 Å². The van der Waals surface area contributed by atoms with Gasteiger partial charge in [-0.25, -0.2) is 4.79 Å². The fraction of sp³-hybridized carbons (Fsp3) is 0.462. The average Bonchev–Trinajstić information content (AvgIpc) is 2.37. The second-order valence-electron chi connectivity index (χ2n) is 4.84. The highest BCUT2D eigenvalue weighted by molar-refractivity contribution is 5.80. The van der Waals surface area contributed by atoms with Crippen molar-refractivity contribution in [3.05, 3.63) is 34.4 Å². The van der Waals surface area contributed by atoms with Gasteiger partial charge in [-0.05, 0) is 24.8 Å². The lowest BCUT2D eigenvalue weighted by Gasteiger charge is -2.38. The predicted octanol–water partition coefficient (Wildman–Crippen LogP) is 2.28. The van der Waals surface area contributed by atoms with Crippen LogP contribution >= 0.6 is 0 Å². The van der Waals surface area contributed by atoms with Gasteiger partial charge in [0.15, 0.2) is 0 Å². The van der Waals surface area contributed by atoms with Crippen molar-refractivity contribution in [2.75, 3.05) is 11.4 Å². The van der Waals surface area contributed by atoms with E-state index in [2.05, 4.69) is 0 Å². The lowest BCUT2D eigenvalue weighted by atomic mass is 9.90. The number of piperidine rings is 1. The molecule has 1 aromatic carbocycles. The molecule has 0 spiro atoms. The molecular weight excluding hydrogens is 248 g/mol. The summed E-state index contributed by atoms with van der Waals surface area (Å²) in [5.41, 5.74) is 0.356. The summed E-state index contributed by atoms with van der Waals surface area (Å²) in [6, 6.07) is 5.61. The Morgan fingerprint density at radius 2 is 2.16 bits per heavy atom. The number of carbonyl (C=O) groups is 1. The Labute approximate surface area is 110 Å². The van der Waals surface area contributed by atoms with Gasteiger partial charge in [0.05, 0.1) is 4.92 Å². The number of para-hydroxylation sites is 2. The van der Waals surface area contributed by atoms with E-state index in [1.54, 1.807) is 23.1 Å². The van der Waals surface area contributed by atoms with E-state index in [9.17, 15) is 20.0 Å². The third-order valence-corrected chi connectivity index (χ3v) is 3.57. The SMILES string of the molecule is CC1CCCN(c2ccccc2[N+](=O)[O-])C1C(=O)O. The summed E-state index contributed by atoms with van der Waals surface area (Å²) >= 11 is 0. The van der Waals surface area contributed by atoms with Gasteiger partial charge in [-0.15, -0.1) is 0 Å². The third kappa shape index (κ3) is 2.52. The minimum Gasteiger partial charge on any atom is -0.480 e. The summed E-state index contributed by atoms with van der Waals surface area (Å²) in [6.07, 6.45) is 1.67. The minimum atomic E-state index is -0.926. The average molecular weight is 264 g/mol. The first-order valence-electron chi connectivity index (χ1n) is 6.25. The Balaban J connectivity index is 2.44. The Morgan fingerprint density at radius 3 is 2.79 bits per heavy atom. The van der Waals surface area contributed by atoms with Crippen molar-refractivity contribution in [2.24, 2.45) is 5.92 Å². The van der Waals surface area contributed by atoms with Gasteiger partial charge in [-0.3, -0.25) is 10.1 Å². The van der Waals surface area contributed by atoms with Crippen LogP contribution in [0.25, 0.3) is 0 Å². The van der Waals surface area contributed by atoms with Crippen molar-refractivity contribution in [3.8, 4) is 0 Å². The minimum absolute atomic E-state index is 0.0222. The Morgan fingerprint density at radius 1 is 1.47 bits per heavy atom. The molecule has 1 aliphatic heterocycles. The van der Waals surface area contributed by atoms with Crippen LogP contribution in [0.4, 0.5) is 11.4 Å². The molecule has 1 fully saturated rings. The third-order valence-electron chi connectivity index (χ3n) is 3.57.